The summed E-state index contributed by atoms with van der Waals surface area (Å²) in [6, 6.07) is 13.6. The van der Waals surface area contributed by atoms with E-state index in [0.717, 1.165) is 49.8 Å². The Kier molecular flexibility index (Phi) is 7.39. The number of para-hydroxylation sites is 1. The third-order valence-corrected chi connectivity index (χ3v) is 8.26. The minimum atomic E-state index is -0.138. The standard InChI is InChI=1S/C30H33N7O3/c38-28(23-8-9-24-25(19-23)34-35-33-24)36-15-11-30(12-16-36)10-4-3-6-22-5-1-2-7-27(22)40-18-17-37(21-30)29(39)26-20-31-13-14-32-26/h1-2,5,7-9,13-14,19-20H,3-4,6,10-12,15-18,21H2,(H,33,34,35). The molecule has 4 heterocycles. The Balaban J connectivity index is 1.22. The number of fused-ring (bicyclic) bond motifs is 2. The van der Waals surface area contributed by atoms with Crippen LogP contribution in [0.5, 0.6) is 5.75 Å². The summed E-state index contributed by atoms with van der Waals surface area (Å²) in [5.41, 5.74) is 3.48. The van der Waals surface area contributed by atoms with E-state index in [4.69, 9.17) is 4.74 Å². The van der Waals surface area contributed by atoms with Crippen molar-refractivity contribution in [1.82, 2.24) is 35.2 Å². The number of nitrogens with one attached hydrogen (secondary N) is 1. The smallest absolute Gasteiger partial charge is 0.274 e. The molecule has 40 heavy (non-hydrogen) atoms. The zero-order valence-corrected chi connectivity index (χ0v) is 22.5. The lowest BCUT2D eigenvalue weighted by molar-refractivity contribution is 0.0325. The number of nitrogens with zero attached hydrogens (tertiary/aromatic N) is 6. The Morgan fingerprint density at radius 1 is 0.875 bits per heavy atom. The van der Waals surface area contributed by atoms with Crippen LogP contribution in [0.25, 0.3) is 11.0 Å². The molecule has 6 rings (SSSR count). The lowest BCUT2D eigenvalue weighted by atomic mass is 9.73. The van der Waals surface area contributed by atoms with E-state index < -0.39 is 0 Å². The number of aromatic amines is 1. The van der Waals surface area contributed by atoms with Crippen molar-refractivity contribution in [3.63, 3.8) is 0 Å². The van der Waals surface area contributed by atoms with Crippen molar-refractivity contribution in [3.8, 4) is 5.75 Å². The van der Waals surface area contributed by atoms with Gasteiger partial charge in [0, 0.05) is 37.6 Å². The van der Waals surface area contributed by atoms with Crippen LogP contribution in [0.4, 0.5) is 0 Å². The number of ether oxygens (including phenoxy) is 1. The van der Waals surface area contributed by atoms with E-state index in [0.29, 0.717) is 49.6 Å². The molecular weight excluding hydrogens is 506 g/mol. The number of piperidine rings is 1. The highest BCUT2D eigenvalue weighted by Gasteiger charge is 2.39. The Morgan fingerprint density at radius 3 is 2.58 bits per heavy atom. The maximum absolute atomic E-state index is 13.6. The van der Waals surface area contributed by atoms with E-state index in [9.17, 15) is 9.59 Å². The number of carbonyl (C=O) groups is 2. The summed E-state index contributed by atoms with van der Waals surface area (Å²) >= 11 is 0. The fourth-order valence-electron chi connectivity index (χ4n) is 5.99. The van der Waals surface area contributed by atoms with E-state index >= 15 is 0 Å². The minimum Gasteiger partial charge on any atom is -0.491 e. The monoisotopic (exact) mass is 539 g/mol. The van der Waals surface area contributed by atoms with Gasteiger partial charge in [0.2, 0.25) is 0 Å². The first kappa shape index (κ1) is 25.9. The number of hydrogen-bond acceptors (Lipinski definition) is 7. The number of aryl methyl sites for hydroxylation is 1. The van der Waals surface area contributed by atoms with Gasteiger partial charge in [-0.3, -0.25) is 14.6 Å². The number of carbonyl (C=O) groups excluding carboxylic acids is 2. The van der Waals surface area contributed by atoms with Crippen molar-refractivity contribution in [2.75, 3.05) is 32.8 Å². The normalized spacial score (nSPS) is 17.9. The zero-order valence-electron chi connectivity index (χ0n) is 22.5. The number of likely N-dealkylation sites (tertiary alicyclic amines) is 1. The number of amides is 2. The van der Waals surface area contributed by atoms with Gasteiger partial charge in [0.25, 0.3) is 11.8 Å². The average molecular weight is 540 g/mol. The second kappa shape index (κ2) is 11.4. The molecule has 0 atom stereocenters. The molecule has 4 aromatic rings. The molecule has 0 aliphatic carbocycles. The Bertz CT molecular complexity index is 1480. The van der Waals surface area contributed by atoms with Crippen LogP contribution in [0.15, 0.2) is 61.1 Å². The van der Waals surface area contributed by atoms with Gasteiger partial charge in [-0.2, -0.15) is 15.4 Å². The lowest BCUT2D eigenvalue weighted by Gasteiger charge is -2.45. The molecule has 2 amide bonds. The largest absolute Gasteiger partial charge is 0.491 e. The van der Waals surface area contributed by atoms with E-state index in [2.05, 4.69) is 31.4 Å². The molecule has 0 bridgehead atoms. The summed E-state index contributed by atoms with van der Waals surface area (Å²) in [5, 5.41) is 10.8. The SMILES string of the molecule is O=C(c1ccc2n[nH]nc2c1)N1CCC2(CCCCc3ccccc3OCCN(C(=O)c3cnccn3)C2)CC1. The molecule has 2 aromatic heterocycles. The Morgan fingerprint density at radius 2 is 1.73 bits per heavy atom. The third-order valence-electron chi connectivity index (χ3n) is 8.26. The summed E-state index contributed by atoms with van der Waals surface area (Å²) < 4.78 is 6.18. The fourth-order valence-corrected chi connectivity index (χ4v) is 5.99. The second-order valence-electron chi connectivity index (χ2n) is 10.8. The van der Waals surface area contributed by atoms with Gasteiger partial charge in [-0.1, -0.05) is 24.6 Å². The van der Waals surface area contributed by atoms with Gasteiger partial charge < -0.3 is 14.5 Å². The van der Waals surface area contributed by atoms with Crippen LogP contribution in [0.2, 0.25) is 0 Å². The number of H-pyrrole nitrogens is 1. The van der Waals surface area contributed by atoms with Crippen LogP contribution in [-0.2, 0) is 6.42 Å². The predicted octanol–water partition coefficient (Wildman–Crippen LogP) is 3.92. The molecular formula is C30H33N7O3. The Hall–Kier alpha value is -4.34. The highest BCUT2D eigenvalue weighted by Crippen LogP contribution is 2.39. The summed E-state index contributed by atoms with van der Waals surface area (Å²) in [4.78, 5) is 39.2. The average Bonchev–Trinajstić information content (AvgIpc) is 3.47. The van der Waals surface area contributed by atoms with Crippen molar-refractivity contribution < 1.29 is 14.3 Å². The minimum absolute atomic E-state index is 0.00500. The Labute approximate surface area is 232 Å². The highest BCUT2D eigenvalue weighted by molar-refractivity contribution is 5.97. The molecule has 0 radical (unpaired) electrons. The molecule has 1 fully saturated rings. The summed E-state index contributed by atoms with van der Waals surface area (Å²) in [7, 11) is 0. The molecule has 0 unspecified atom stereocenters. The van der Waals surface area contributed by atoms with E-state index in [-0.39, 0.29) is 17.2 Å². The second-order valence-corrected chi connectivity index (χ2v) is 10.8. The number of aromatic nitrogens is 5. The maximum Gasteiger partial charge on any atom is 0.274 e. The summed E-state index contributed by atoms with van der Waals surface area (Å²) in [6.45, 7) is 2.73. The fraction of sp³-hybridized carbons (Fsp3) is 0.400. The van der Waals surface area contributed by atoms with Crippen LogP contribution in [0.1, 0.15) is 58.5 Å². The molecule has 0 saturated carbocycles. The van der Waals surface area contributed by atoms with Crippen molar-refractivity contribution >= 4 is 22.8 Å². The van der Waals surface area contributed by atoms with Gasteiger partial charge in [-0.15, -0.1) is 0 Å². The number of rotatable bonds is 2. The maximum atomic E-state index is 13.6. The van der Waals surface area contributed by atoms with Gasteiger partial charge in [0.1, 0.15) is 29.1 Å². The van der Waals surface area contributed by atoms with Crippen LogP contribution >= 0.6 is 0 Å². The summed E-state index contributed by atoms with van der Waals surface area (Å²) in [5.74, 6) is 0.756. The van der Waals surface area contributed by atoms with Gasteiger partial charge in [-0.05, 0) is 67.3 Å². The van der Waals surface area contributed by atoms with E-state index in [1.165, 1.54) is 11.8 Å². The molecule has 2 aliphatic rings. The first-order chi connectivity index (χ1) is 19.6. The molecule has 1 spiro atoms. The van der Waals surface area contributed by atoms with E-state index in [1.54, 1.807) is 18.5 Å². The van der Waals surface area contributed by atoms with Gasteiger partial charge in [-0.25, -0.2) is 4.98 Å². The predicted molar refractivity (Wildman–Crippen MR) is 149 cm³/mol. The van der Waals surface area contributed by atoms with Gasteiger partial charge >= 0.3 is 0 Å². The van der Waals surface area contributed by atoms with Crippen LogP contribution in [0, 0.1) is 5.41 Å². The highest BCUT2D eigenvalue weighted by atomic mass is 16.5. The van der Waals surface area contributed by atoms with Crippen molar-refractivity contribution in [2.45, 2.75) is 38.5 Å². The lowest BCUT2D eigenvalue weighted by Crippen LogP contribution is -2.50. The van der Waals surface area contributed by atoms with Crippen molar-refractivity contribution in [2.24, 2.45) is 5.41 Å². The topological polar surface area (TPSA) is 117 Å². The molecule has 206 valence electrons. The van der Waals surface area contributed by atoms with Crippen molar-refractivity contribution in [3.05, 3.63) is 77.9 Å². The molecule has 2 aromatic carbocycles. The molecule has 10 heteroatoms. The molecule has 1 N–H and O–H groups in total. The number of hydrogen-bond donors (Lipinski definition) is 1. The first-order valence-corrected chi connectivity index (χ1v) is 14.0. The molecule has 10 nitrogen and oxygen atoms in total. The first-order valence-electron chi connectivity index (χ1n) is 14.0. The molecule has 2 aliphatic heterocycles. The van der Waals surface area contributed by atoms with Crippen LogP contribution < -0.4 is 4.74 Å². The quantitative estimate of drug-likeness (QED) is 0.410. The number of benzene rings is 2. The zero-order chi connectivity index (χ0) is 27.4. The van der Waals surface area contributed by atoms with E-state index in [1.807, 2.05) is 40.1 Å². The van der Waals surface area contributed by atoms with Gasteiger partial charge in [0.15, 0.2) is 0 Å². The summed E-state index contributed by atoms with van der Waals surface area (Å²) in [6.07, 6.45) is 10.3. The third kappa shape index (κ3) is 5.52. The molecule has 1 saturated heterocycles. The van der Waals surface area contributed by atoms with Crippen LogP contribution in [-0.4, -0.2) is 79.8 Å². The van der Waals surface area contributed by atoms with Gasteiger partial charge in [0.05, 0.1) is 12.7 Å². The van der Waals surface area contributed by atoms with Crippen LogP contribution in [0.3, 0.4) is 0 Å². The van der Waals surface area contributed by atoms with Crippen molar-refractivity contribution in [1.29, 1.82) is 0 Å².